The lowest BCUT2D eigenvalue weighted by Crippen LogP contribution is -2.28. The molecular formula is C20H21N3O2. The van der Waals surface area contributed by atoms with Crippen LogP contribution < -0.4 is 0 Å². The Bertz CT molecular complexity index is 815. The molecule has 1 atom stereocenters. The number of benzene rings is 2. The molecule has 0 saturated carbocycles. The Balaban J connectivity index is 1.59. The number of H-pyrrole nitrogens is 1. The highest BCUT2D eigenvalue weighted by Crippen LogP contribution is 2.19. The second kappa shape index (κ2) is 7.77. The molecule has 0 aliphatic carbocycles. The standard InChI is InChI=1S/C20H21N3O2/c1-23(20(25)12-18(24)16-10-6-3-7-11-16)14-19-21-13-17(22-19)15-8-4-2-5-9-15/h2-11,13,18,24H,12,14H2,1H3,(H,21,22). The molecule has 0 spiro atoms. The van der Waals surface area contributed by atoms with Crippen LogP contribution in [0.15, 0.2) is 66.9 Å². The molecule has 128 valence electrons. The molecule has 0 radical (unpaired) electrons. The number of carbonyl (C=O) groups is 1. The Kier molecular flexibility index (Phi) is 5.26. The summed E-state index contributed by atoms with van der Waals surface area (Å²) in [6.07, 6.45) is 1.02. The minimum absolute atomic E-state index is 0.0484. The number of hydrogen-bond acceptors (Lipinski definition) is 3. The van der Waals surface area contributed by atoms with Crippen molar-refractivity contribution in [2.45, 2.75) is 19.1 Å². The largest absolute Gasteiger partial charge is 0.388 e. The SMILES string of the molecule is CN(Cc1ncc(-c2ccccc2)[nH]1)C(=O)CC(O)c1ccccc1. The molecule has 3 rings (SSSR count). The van der Waals surface area contributed by atoms with Crippen molar-refractivity contribution in [3.63, 3.8) is 0 Å². The first-order valence-electron chi connectivity index (χ1n) is 8.20. The van der Waals surface area contributed by atoms with E-state index in [0.29, 0.717) is 12.4 Å². The van der Waals surface area contributed by atoms with E-state index in [9.17, 15) is 9.90 Å². The number of aliphatic hydroxyl groups is 1. The monoisotopic (exact) mass is 335 g/mol. The fraction of sp³-hybridized carbons (Fsp3) is 0.200. The smallest absolute Gasteiger partial charge is 0.225 e. The van der Waals surface area contributed by atoms with E-state index in [-0.39, 0.29) is 12.3 Å². The molecule has 1 unspecified atom stereocenters. The van der Waals surface area contributed by atoms with Gasteiger partial charge in [0.05, 0.1) is 31.0 Å². The number of nitrogens with one attached hydrogen (secondary N) is 1. The Morgan fingerprint density at radius 3 is 2.44 bits per heavy atom. The number of amides is 1. The van der Waals surface area contributed by atoms with Gasteiger partial charge in [0.1, 0.15) is 5.82 Å². The lowest BCUT2D eigenvalue weighted by Gasteiger charge is -2.18. The minimum Gasteiger partial charge on any atom is -0.388 e. The van der Waals surface area contributed by atoms with Gasteiger partial charge >= 0.3 is 0 Å². The highest BCUT2D eigenvalue weighted by Gasteiger charge is 2.17. The minimum atomic E-state index is -0.798. The molecule has 2 N–H and O–H groups in total. The Hall–Kier alpha value is -2.92. The van der Waals surface area contributed by atoms with Crippen LogP contribution in [0.2, 0.25) is 0 Å². The summed E-state index contributed by atoms with van der Waals surface area (Å²) in [5.74, 6) is 0.581. The summed E-state index contributed by atoms with van der Waals surface area (Å²) in [5, 5.41) is 10.2. The molecular weight excluding hydrogens is 314 g/mol. The van der Waals surface area contributed by atoms with Crippen LogP contribution in [-0.2, 0) is 11.3 Å². The summed E-state index contributed by atoms with van der Waals surface area (Å²) < 4.78 is 0. The van der Waals surface area contributed by atoms with Gasteiger partial charge in [0.15, 0.2) is 0 Å². The highest BCUT2D eigenvalue weighted by molar-refractivity contribution is 5.76. The summed E-state index contributed by atoms with van der Waals surface area (Å²) in [5.41, 5.74) is 2.71. The third-order valence-electron chi connectivity index (χ3n) is 4.08. The number of imidazole rings is 1. The van der Waals surface area contributed by atoms with Crippen molar-refractivity contribution in [2.24, 2.45) is 0 Å². The zero-order valence-corrected chi connectivity index (χ0v) is 14.1. The molecule has 0 aliphatic heterocycles. The van der Waals surface area contributed by atoms with Crippen LogP contribution >= 0.6 is 0 Å². The van der Waals surface area contributed by atoms with Crippen molar-refractivity contribution in [1.29, 1.82) is 0 Å². The normalized spacial score (nSPS) is 11.9. The number of hydrogen-bond donors (Lipinski definition) is 2. The van der Waals surface area contributed by atoms with Crippen molar-refractivity contribution in [3.05, 3.63) is 78.2 Å². The fourth-order valence-electron chi connectivity index (χ4n) is 2.63. The van der Waals surface area contributed by atoms with Crippen LogP contribution in [0.5, 0.6) is 0 Å². The molecule has 25 heavy (non-hydrogen) atoms. The van der Waals surface area contributed by atoms with Gasteiger partial charge in [0.2, 0.25) is 5.91 Å². The van der Waals surface area contributed by atoms with Crippen LogP contribution in [0.25, 0.3) is 11.3 Å². The second-order valence-corrected chi connectivity index (χ2v) is 5.99. The quantitative estimate of drug-likeness (QED) is 0.727. The molecule has 5 nitrogen and oxygen atoms in total. The van der Waals surface area contributed by atoms with Gasteiger partial charge < -0.3 is 15.0 Å². The molecule has 0 bridgehead atoms. The van der Waals surface area contributed by atoms with Crippen LogP contribution in [0, 0.1) is 0 Å². The van der Waals surface area contributed by atoms with Gasteiger partial charge in [-0.2, -0.15) is 0 Å². The van der Waals surface area contributed by atoms with Crippen molar-refractivity contribution in [2.75, 3.05) is 7.05 Å². The van der Waals surface area contributed by atoms with E-state index < -0.39 is 6.10 Å². The van der Waals surface area contributed by atoms with Gasteiger partial charge in [-0.25, -0.2) is 4.98 Å². The van der Waals surface area contributed by atoms with E-state index in [4.69, 9.17) is 0 Å². The van der Waals surface area contributed by atoms with Crippen molar-refractivity contribution in [1.82, 2.24) is 14.9 Å². The van der Waals surface area contributed by atoms with Gasteiger partial charge in [0, 0.05) is 7.05 Å². The van der Waals surface area contributed by atoms with Crippen molar-refractivity contribution in [3.8, 4) is 11.3 Å². The van der Waals surface area contributed by atoms with Crippen molar-refractivity contribution >= 4 is 5.91 Å². The predicted molar refractivity (Wildman–Crippen MR) is 96.5 cm³/mol. The average molecular weight is 335 g/mol. The maximum atomic E-state index is 12.3. The van der Waals surface area contributed by atoms with E-state index >= 15 is 0 Å². The van der Waals surface area contributed by atoms with Crippen LogP contribution in [0.1, 0.15) is 23.9 Å². The topological polar surface area (TPSA) is 69.2 Å². The number of carbonyl (C=O) groups excluding carboxylic acids is 1. The zero-order chi connectivity index (χ0) is 17.6. The number of aliphatic hydroxyl groups excluding tert-OH is 1. The molecule has 0 aliphatic rings. The Morgan fingerprint density at radius 2 is 1.76 bits per heavy atom. The molecule has 1 heterocycles. The third-order valence-corrected chi connectivity index (χ3v) is 4.08. The molecule has 1 aromatic heterocycles. The predicted octanol–water partition coefficient (Wildman–Crippen LogP) is 3.16. The summed E-state index contributed by atoms with van der Waals surface area (Å²) in [4.78, 5) is 21.5. The van der Waals surface area contributed by atoms with Crippen LogP contribution in [0.3, 0.4) is 0 Å². The third kappa shape index (κ3) is 4.33. The number of rotatable bonds is 6. The average Bonchev–Trinajstić information content (AvgIpc) is 3.11. The summed E-state index contributed by atoms with van der Waals surface area (Å²) in [7, 11) is 1.71. The Morgan fingerprint density at radius 1 is 1.12 bits per heavy atom. The highest BCUT2D eigenvalue weighted by atomic mass is 16.3. The number of nitrogens with zero attached hydrogens (tertiary/aromatic N) is 2. The zero-order valence-electron chi connectivity index (χ0n) is 14.1. The molecule has 0 saturated heterocycles. The second-order valence-electron chi connectivity index (χ2n) is 5.99. The first-order chi connectivity index (χ1) is 12.1. The van der Waals surface area contributed by atoms with Gasteiger partial charge in [-0.05, 0) is 11.1 Å². The summed E-state index contributed by atoms with van der Waals surface area (Å²) in [6.45, 7) is 0.368. The Labute approximate surface area is 147 Å². The van der Waals surface area contributed by atoms with Gasteiger partial charge in [0.25, 0.3) is 0 Å². The van der Waals surface area contributed by atoms with E-state index in [2.05, 4.69) is 9.97 Å². The van der Waals surface area contributed by atoms with E-state index in [1.165, 1.54) is 0 Å². The first-order valence-corrected chi connectivity index (χ1v) is 8.20. The van der Waals surface area contributed by atoms with Gasteiger partial charge in [-0.1, -0.05) is 60.7 Å². The van der Waals surface area contributed by atoms with E-state index in [0.717, 1.165) is 16.8 Å². The maximum Gasteiger partial charge on any atom is 0.225 e. The summed E-state index contributed by atoms with van der Waals surface area (Å²) in [6, 6.07) is 19.1. The molecule has 5 heteroatoms. The maximum absolute atomic E-state index is 12.3. The van der Waals surface area contributed by atoms with Crippen LogP contribution in [-0.4, -0.2) is 32.9 Å². The van der Waals surface area contributed by atoms with Crippen LogP contribution in [0.4, 0.5) is 0 Å². The van der Waals surface area contributed by atoms with Gasteiger partial charge in [-0.3, -0.25) is 4.79 Å². The summed E-state index contributed by atoms with van der Waals surface area (Å²) >= 11 is 0. The molecule has 1 amide bonds. The van der Waals surface area contributed by atoms with E-state index in [1.54, 1.807) is 18.1 Å². The number of aromatic nitrogens is 2. The molecule has 2 aromatic carbocycles. The molecule has 3 aromatic rings. The number of aromatic amines is 1. The lowest BCUT2D eigenvalue weighted by atomic mass is 10.1. The van der Waals surface area contributed by atoms with E-state index in [1.807, 2.05) is 60.7 Å². The first kappa shape index (κ1) is 16.9. The fourth-order valence-corrected chi connectivity index (χ4v) is 2.63. The van der Waals surface area contributed by atoms with Gasteiger partial charge in [-0.15, -0.1) is 0 Å². The lowest BCUT2D eigenvalue weighted by molar-refractivity contribution is -0.132. The van der Waals surface area contributed by atoms with Crippen molar-refractivity contribution < 1.29 is 9.90 Å². The molecule has 0 fully saturated rings.